The molecular formula is C23H24F3N3O2. The van der Waals surface area contributed by atoms with E-state index in [0.717, 1.165) is 16.9 Å². The summed E-state index contributed by atoms with van der Waals surface area (Å²) in [5.41, 5.74) is 1.67. The van der Waals surface area contributed by atoms with Crippen LogP contribution in [0, 0.1) is 0 Å². The first-order chi connectivity index (χ1) is 14.7. The normalized spacial score (nSPS) is 11.8. The Labute approximate surface area is 179 Å². The quantitative estimate of drug-likeness (QED) is 0.480. The Morgan fingerprint density at radius 3 is 2.00 bits per heavy atom. The Hall–Kier alpha value is -3.29. The molecule has 31 heavy (non-hydrogen) atoms. The minimum Gasteiger partial charge on any atom is -0.497 e. The van der Waals surface area contributed by atoms with Crippen LogP contribution in [0.3, 0.4) is 0 Å². The first-order valence-corrected chi connectivity index (χ1v) is 9.67. The van der Waals surface area contributed by atoms with Crippen molar-refractivity contribution in [1.29, 1.82) is 0 Å². The molecule has 0 amide bonds. The van der Waals surface area contributed by atoms with E-state index in [1.54, 1.807) is 37.7 Å². The van der Waals surface area contributed by atoms with Crippen molar-refractivity contribution in [2.24, 2.45) is 0 Å². The summed E-state index contributed by atoms with van der Waals surface area (Å²) in [6, 6.07) is 15.4. The van der Waals surface area contributed by atoms with Crippen LogP contribution >= 0.6 is 0 Å². The fourth-order valence-electron chi connectivity index (χ4n) is 3.28. The van der Waals surface area contributed by atoms with Crippen LogP contribution in [0.5, 0.6) is 11.5 Å². The van der Waals surface area contributed by atoms with Crippen molar-refractivity contribution in [3.05, 3.63) is 78.1 Å². The van der Waals surface area contributed by atoms with Crippen molar-refractivity contribution in [2.75, 3.05) is 18.6 Å². The molecule has 0 radical (unpaired) electrons. The van der Waals surface area contributed by atoms with E-state index in [1.165, 1.54) is 12.1 Å². The van der Waals surface area contributed by atoms with E-state index >= 15 is 0 Å². The lowest BCUT2D eigenvalue weighted by molar-refractivity contribution is -0.274. The van der Waals surface area contributed by atoms with Gasteiger partial charge in [0, 0.05) is 30.9 Å². The number of benzene rings is 2. The molecule has 5 nitrogen and oxygen atoms in total. The lowest BCUT2D eigenvalue weighted by atomic mass is 9.84. The highest BCUT2D eigenvalue weighted by Gasteiger charge is 2.31. The van der Waals surface area contributed by atoms with Crippen LogP contribution in [0.1, 0.15) is 25.0 Å². The van der Waals surface area contributed by atoms with E-state index in [-0.39, 0.29) is 11.2 Å². The molecule has 0 saturated carbocycles. The number of alkyl halides is 3. The summed E-state index contributed by atoms with van der Waals surface area (Å²) in [5.74, 6) is 1.07. The van der Waals surface area contributed by atoms with Gasteiger partial charge in [0.05, 0.1) is 7.11 Å². The van der Waals surface area contributed by atoms with Gasteiger partial charge in [0.25, 0.3) is 0 Å². The average Bonchev–Trinajstić information content (AvgIpc) is 2.74. The summed E-state index contributed by atoms with van der Waals surface area (Å²) in [6.07, 6.45) is -1.39. The maximum absolute atomic E-state index is 12.4. The van der Waals surface area contributed by atoms with E-state index in [9.17, 15) is 13.2 Å². The minimum absolute atomic E-state index is 0.252. The summed E-state index contributed by atoms with van der Waals surface area (Å²) in [5, 5.41) is 0. The van der Waals surface area contributed by atoms with Crippen LogP contribution < -0.4 is 14.4 Å². The van der Waals surface area contributed by atoms with Gasteiger partial charge in [-0.3, -0.25) is 0 Å². The van der Waals surface area contributed by atoms with E-state index in [2.05, 4.69) is 28.6 Å². The average molecular weight is 431 g/mol. The highest BCUT2D eigenvalue weighted by molar-refractivity contribution is 5.38. The van der Waals surface area contributed by atoms with Crippen molar-refractivity contribution >= 4 is 5.95 Å². The second kappa shape index (κ2) is 9.24. The van der Waals surface area contributed by atoms with Gasteiger partial charge in [0.1, 0.15) is 11.5 Å². The lowest BCUT2D eigenvalue weighted by Crippen LogP contribution is -2.37. The Bertz CT molecular complexity index is 960. The summed E-state index contributed by atoms with van der Waals surface area (Å²) >= 11 is 0. The third-order valence-electron chi connectivity index (χ3n) is 4.82. The fraction of sp³-hybridized carbons (Fsp3) is 0.304. The number of aromatic nitrogens is 2. The number of nitrogens with zero attached hydrogens (tertiary/aromatic N) is 3. The lowest BCUT2D eigenvalue weighted by Gasteiger charge is -2.33. The van der Waals surface area contributed by atoms with Crippen LogP contribution in [0.25, 0.3) is 0 Å². The fourth-order valence-corrected chi connectivity index (χ4v) is 3.28. The Morgan fingerprint density at radius 2 is 1.45 bits per heavy atom. The molecular weight excluding hydrogens is 407 g/mol. The highest BCUT2D eigenvalue weighted by atomic mass is 19.4. The van der Waals surface area contributed by atoms with Gasteiger partial charge in [-0.05, 0) is 41.5 Å². The molecule has 164 valence electrons. The first kappa shape index (κ1) is 22.4. The van der Waals surface area contributed by atoms with Gasteiger partial charge >= 0.3 is 6.36 Å². The molecule has 0 aliphatic carbocycles. The number of rotatable bonds is 8. The monoisotopic (exact) mass is 431 g/mol. The van der Waals surface area contributed by atoms with Crippen molar-refractivity contribution in [1.82, 2.24) is 9.97 Å². The van der Waals surface area contributed by atoms with Gasteiger partial charge in [-0.25, -0.2) is 9.97 Å². The number of ether oxygens (including phenoxy) is 2. The molecule has 0 unspecified atom stereocenters. The highest BCUT2D eigenvalue weighted by Crippen LogP contribution is 2.29. The first-order valence-electron chi connectivity index (χ1n) is 9.67. The largest absolute Gasteiger partial charge is 0.573 e. The van der Waals surface area contributed by atoms with Crippen LogP contribution in [-0.4, -0.2) is 30.0 Å². The molecule has 1 aromatic heterocycles. The molecule has 3 aromatic rings. The molecule has 3 rings (SSSR count). The molecule has 0 saturated heterocycles. The third-order valence-corrected chi connectivity index (χ3v) is 4.82. The zero-order valence-corrected chi connectivity index (χ0v) is 17.6. The third kappa shape index (κ3) is 6.34. The topological polar surface area (TPSA) is 47.5 Å². The standard InChI is InChI=1S/C23H24F3N3O2/c1-22(2,18-7-11-19(30-3)12-8-18)16-29(21-27-13-4-14-28-21)15-17-5-9-20(10-6-17)31-23(24,25)26/h4-14H,15-16H2,1-3H3. The Morgan fingerprint density at radius 1 is 0.871 bits per heavy atom. The second-order valence-corrected chi connectivity index (χ2v) is 7.71. The zero-order valence-electron chi connectivity index (χ0n) is 17.6. The number of halogens is 3. The van der Waals surface area contributed by atoms with E-state index in [1.807, 2.05) is 29.2 Å². The van der Waals surface area contributed by atoms with Gasteiger partial charge in [-0.15, -0.1) is 13.2 Å². The van der Waals surface area contributed by atoms with E-state index in [4.69, 9.17) is 4.74 Å². The zero-order chi connectivity index (χ0) is 22.5. The molecule has 0 atom stereocenters. The molecule has 0 N–H and O–H groups in total. The van der Waals surface area contributed by atoms with Crippen molar-refractivity contribution in [3.8, 4) is 11.5 Å². The van der Waals surface area contributed by atoms with Crippen LogP contribution in [0.4, 0.5) is 19.1 Å². The minimum atomic E-state index is -4.71. The van der Waals surface area contributed by atoms with Gasteiger partial charge in [-0.2, -0.15) is 0 Å². The van der Waals surface area contributed by atoms with Gasteiger partial charge in [-0.1, -0.05) is 38.1 Å². The van der Waals surface area contributed by atoms with Gasteiger partial charge in [0.15, 0.2) is 0 Å². The number of anilines is 1. The van der Waals surface area contributed by atoms with Crippen molar-refractivity contribution in [2.45, 2.75) is 32.2 Å². The molecule has 0 aliphatic heterocycles. The smallest absolute Gasteiger partial charge is 0.497 e. The Balaban J connectivity index is 1.82. The Kier molecular flexibility index (Phi) is 6.68. The molecule has 0 aliphatic rings. The van der Waals surface area contributed by atoms with Crippen molar-refractivity contribution in [3.63, 3.8) is 0 Å². The van der Waals surface area contributed by atoms with Gasteiger partial charge < -0.3 is 14.4 Å². The maximum Gasteiger partial charge on any atom is 0.573 e. The summed E-state index contributed by atoms with van der Waals surface area (Å²) in [4.78, 5) is 10.7. The molecule has 8 heteroatoms. The molecule has 0 fully saturated rings. The summed E-state index contributed by atoms with van der Waals surface area (Å²) in [6.45, 7) is 5.25. The van der Waals surface area contributed by atoms with Gasteiger partial charge in [0.2, 0.25) is 5.95 Å². The maximum atomic E-state index is 12.4. The summed E-state index contributed by atoms with van der Waals surface area (Å²) < 4.78 is 46.4. The van der Waals surface area contributed by atoms with Crippen LogP contribution in [0.15, 0.2) is 67.0 Å². The van der Waals surface area contributed by atoms with Crippen molar-refractivity contribution < 1.29 is 22.6 Å². The molecule has 0 spiro atoms. The predicted octanol–water partition coefficient (Wildman–Crippen LogP) is 5.37. The SMILES string of the molecule is COc1ccc(C(C)(C)CN(Cc2ccc(OC(F)(F)F)cc2)c2ncccn2)cc1. The predicted molar refractivity (Wildman–Crippen MR) is 112 cm³/mol. The van der Waals surface area contributed by atoms with E-state index < -0.39 is 6.36 Å². The number of hydrogen-bond donors (Lipinski definition) is 0. The second-order valence-electron chi connectivity index (χ2n) is 7.71. The molecule has 1 heterocycles. The van der Waals surface area contributed by atoms with Crippen LogP contribution in [0.2, 0.25) is 0 Å². The number of methoxy groups -OCH3 is 1. The molecule has 0 bridgehead atoms. The van der Waals surface area contributed by atoms with Crippen LogP contribution in [-0.2, 0) is 12.0 Å². The summed E-state index contributed by atoms with van der Waals surface area (Å²) in [7, 11) is 1.62. The number of hydrogen-bond acceptors (Lipinski definition) is 5. The molecule has 2 aromatic carbocycles. The van der Waals surface area contributed by atoms with E-state index in [0.29, 0.717) is 19.0 Å².